The Balaban J connectivity index is 1.13. The van der Waals surface area contributed by atoms with Gasteiger partial charge in [0.25, 0.3) is 5.56 Å². The summed E-state index contributed by atoms with van der Waals surface area (Å²) in [7, 11) is 0. The van der Waals surface area contributed by atoms with Crippen LogP contribution in [0.15, 0.2) is 63.4 Å². The Morgan fingerprint density at radius 3 is 2.73 bits per heavy atom. The number of unbranched alkanes of at least 4 members (excludes halogenated alkanes) is 1. The van der Waals surface area contributed by atoms with E-state index in [-0.39, 0.29) is 23.8 Å². The van der Waals surface area contributed by atoms with E-state index in [4.69, 9.17) is 9.72 Å². The molecule has 1 saturated carbocycles. The summed E-state index contributed by atoms with van der Waals surface area (Å²) in [5.41, 5.74) is 2.08. The molecule has 1 aromatic heterocycles. The lowest BCUT2D eigenvalue weighted by Gasteiger charge is -2.30. The van der Waals surface area contributed by atoms with E-state index in [2.05, 4.69) is 17.9 Å². The van der Waals surface area contributed by atoms with Gasteiger partial charge in [-0.15, -0.1) is 12.6 Å². The molecule has 0 saturated heterocycles. The summed E-state index contributed by atoms with van der Waals surface area (Å²) < 4.78 is 20.3. The number of aromatic nitrogens is 2. The maximum absolute atomic E-state index is 13.8. The van der Waals surface area contributed by atoms with E-state index in [9.17, 15) is 14.0 Å². The molecule has 1 aliphatic heterocycles. The molecule has 3 aromatic rings. The van der Waals surface area contributed by atoms with Crippen LogP contribution in [-0.4, -0.2) is 51.8 Å². The van der Waals surface area contributed by atoms with Gasteiger partial charge in [0.05, 0.1) is 30.1 Å². The fourth-order valence-electron chi connectivity index (χ4n) is 4.80. The van der Waals surface area contributed by atoms with Gasteiger partial charge in [0, 0.05) is 36.1 Å². The number of thiol groups is 1. The minimum absolute atomic E-state index is 0.0361. The average Bonchev–Trinajstić information content (AvgIpc) is 2.93. The third-order valence-electron chi connectivity index (χ3n) is 7.31. The molecule has 10 heteroatoms. The number of thioether (sulfide) groups is 1. The topological polar surface area (TPSA) is 76.5 Å². The molecule has 1 N–H and O–H groups in total. The van der Waals surface area contributed by atoms with Crippen molar-refractivity contribution in [1.82, 2.24) is 19.8 Å². The van der Waals surface area contributed by atoms with E-state index in [0.717, 1.165) is 53.7 Å². The zero-order valence-corrected chi connectivity index (χ0v) is 24.2. The average molecular weight is 583 g/mol. The molecule has 0 radical (unpaired) electrons. The summed E-state index contributed by atoms with van der Waals surface area (Å²) in [6.07, 6.45) is 6.24. The van der Waals surface area contributed by atoms with Crippen LogP contribution in [0.25, 0.3) is 5.69 Å². The van der Waals surface area contributed by atoms with E-state index in [0.29, 0.717) is 49.1 Å². The summed E-state index contributed by atoms with van der Waals surface area (Å²) in [4.78, 5) is 34.3. The highest BCUT2D eigenvalue weighted by molar-refractivity contribution is 7.99. The van der Waals surface area contributed by atoms with Gasteiger partial charge in [0.1, 0.15) is 11.6 Å². The number of hydrogen-bond acceptors (Lipinski definition) is 7. The van der Waals surface area contributed by atoms with Crippen molar-refractivity contribution in [2.45, 2.75) is 66.8 Å². The van der Waals surface area contributed by atoms with Crippen molar-refractivity contribution in [3.8, 4) is 11.4 Å². The third kappa shape index (κ3) is 7.27. The minimum atomic E-state index is -0.277. The van der Waals surface area contributed by atoms with E-state index < -0.39 is 0 Å². The molecule has 2 heterocycles. The Bertz CT molecular complexity index is 1380. The number of nitrogens with zero attached hydrogens (tertiary/aromatic N) is 3. The molecule has 0 spiro atoms. The molecule has 0 unspecified atom stereocenters. The first-order valence-electron chi connectivity index (χ1n) is 14.0. The van der Waals surface area contributed by atoms with Crippen molar-refractivity contribution in [3.63, 3.8) is 0 Å². The van der Waals surface area contributed by atoms with Crippen molar-refractivity contribution in [3.05, 3.63) is 76.0 Å². The van der Waals surface area contributed by atoms with Crippen LogP contribution in [-0.2, 0) is 17.8 Å². The molecule has 212 valence electrons. The van der Waals surface area contributed by atoms with E-state index in [1.807, 2.05) is 24.3 Å². The van der Waals surface area contributed by atoms with Gasteiger partial charge in [0.2, 0.25) is 5.91 Å². The Morgan fingerprint density at radius 1 is 1.15 bits per heavy atom. The number of benzene rings is 2. The van der Waals surface area contributed by atoms with Crippen molar-refractivity contribution < 1.29 is 13.9 Å². The van der Waals surface area contributed by atoms with Gasteiger partial charge in [0.15, 0.2) is 5.16 Å². The minimum Gasteiger partial charge on any atom is -0.494 e. The highest BCUT2D eigenvalue weighted by Gasteiger charge is 2.28. The predicted molar refractivity (Wildman–Crippen MR) is 158 cm³/mol. The van der Waals surface area contributed by atoms with Crippen LogP contribution < -0.4 is 15.6 Å². The van der Waals surface area contributed by atoms with E-state index >= 15 is 0 Å². The van der Waals surface area contributed by atoms with Gasteiger partial charge in [-0.2, -0.15) is 0 Å². The number of carbonyl (C=O) groups excluding carboxylic acids is 1. The van der Waals surface area contributed by atoms with Crippen molar-refractivity contribution in [2.75, 3.05) is 26.2 Å². The molecule has 1 aliphatic carbocycles. The SMILES string of the molecule is O=C(CCNCCCCOc1ccc(F)cc1)N1CCc2nc(SC3CCC3)n(-c3cccc(S)c3)c(=O)c2C1. The molecule has 40 heavy (non-hydrogen) atoms. The van der Waals surface area contributed by atoms with Crippen LogP contribution in [0.3, 0.4) is 0 Å². The highest BCUT2D eigenvalue weighted by Crippen LogP contribution is 2.36. The first-order chi connectivity index (χ1) is 19.5. The lowest BCUT2D eigenvalue weighted by atomic mass is 10.0. The lowest BCUT2D eigenvalue weighted by Crippen LogP contribution is -2.42. The predicted octanol–water partition coefficient (Wildman–Crippen LogP) is 5.03. The molecule has 2 aromatic carbocycles. The number of nitrogens with one attached hydrogen (secondary N) is 1. The van der Waals surface area contributed by atoms with Crippen molar-refractivity contribution in [1.29, 1.82) is 0 Å². The summed E-state index contributed by atoms with van der Waals surface area (Å²) in [6.45, 7) is 2.78. The number of rotatable bonds is 12. The van der Waals surface area contributed by atoms with Crippen molar-refractivity contribution in [2.24, 2.45) is 0 Å². The van der Waals surface area contributed by atoms with E-state index in [1.165, 1.54) is 18.6 Å². The first-order valence-corrected chi connectivity index (χ1v) is 15.3. The number of halogens is 1. The lowest BCUT2D eigenvalue weighted by molar-refractivity contribution is -0.132. The van der Waals surface area contributed by atoms with Gasteiger partial charge >= 0.3 is 0 Å². The summed E-state index contributed by atoms with van der Waals surface area (Å²) in [6, 6.07) is 13.6. The molecular formula is C30H35FN4O3S2. The van der Waals surface area contributed by atoms with Crippen LogP contribution in [0.4, 0.5) is 4.39 Å². The number of carbonyl (C=O) groups is 1. The second kappa shape index (κ2) is 13.7. The van der Waals surface area contributed by atoms with Crippen LogP contribution in [0.5, 0.6) is 5.75 Å². The second-order valence-corrected chi connectivity index (χ2v) is 12.0. The number of ether oxygens (including phenoxy) is 1. The Morgan fingerprint density at radius 2 is 1.98 bits per heavy atom. The summed E-state index contributed by atoms with van der Waals surface area (Å²) >= 11 is 6.16. The Kier molecular flexibility index (Phi) is 9.83. The van der Waals surface area contributed by atoms with Crippen LogP contribution in [0, 0.1) is 5.82 Å². The van der Waals surface area contributed by atoms with Gasteiger partial charge < -0.3 is 15.0 Å². The van der Waals surface area contributed by atoms with Crippen LogP contribution in [0.1, 0.15) is 49.8 Å². The van der Waals surface area contributed by atoms with Gasteiger partial charge in [-0.1, -0.05) is 24.2 Å². The van der Waals surface area contributed by atoms with Crippen molar-refractivity contribution >= 4 is 30.3 Å². The molecule has 1 amide bonds. The number of amides is 1. The largest absolute Gasteiger partial charge is 0.494 e. The zero-order chi connectivity index (χ0) is 27.9. The molecule has 5 rings (SSSR count). The monoisotopic (exact) mass is 582 g/mol. The quantitative estimate of drug-likeness (QED) is 0.177. The maximum Gasteiger partial charge on any atom is 0.264 e. The second-order valence-electron chi connectivity index (χ2n) is 10.2. The fourth-order valence-corrected chi connectivity index (χ4v) is 6.34. The maximum atomic E-state index is 13.8. The smallest absolute Gasteiger partial charge is 0.264 e. The number of hydrogen-bond donors (Lipinski definition) is 2. The summed E-state index contributed by atoms with van der Waals surface area (Å²) in [5, 5.41) is 4.55. The molecule has 7 nitrogen and oxygen atoms in total. The first kappa shape index (κ1) is 28.7. The van der Waals surface area contributed by atoms with E-state index in [1.54, 1.807) is 33.4 Å². The van der Waals surface area contributed by atoms with Crippen LogP contribution in [0.2, 0.25) is 0 Å². The molecule has 1 fully saturated rings. The normalized spacial score (nSPS) is 15.0. The van der Waals surface area contributed by atoms with Gasteiger partial charge in [-0.3, -0.25) is 14.2 Å². The zero-order valence-electron chi connectivity index (χ0n) is 22.5. The van der Waals surface area contributed by atoms with Gasteiger partial charge in [-0.05, 0) is 74.7 Å². The molecule has 0 bridgehead atoms. The summed E-state index contributed by atoms with van der Waals surface area (Å²) in [5.74, 6) is 0.420. The number of fused-ring (bicyclic) bond motifs is 1. The Hall–Kier alpha value is -2.82. The standard InChI is InChI=1S/C30H35FN4O3S2/c31-21-9-11-23(12-10-21)38-18-2-1-15-32-16-13-28(36)34-17-14-27-26(20-34)29(37)35(22-5-3-6-24(39)19-22)30(33-27)40-25-7-4-8-25/h3,5-6,9-12,19,25,32,39H,1-2,4,7-8,13-18,20H2. The molecular weight excluding hydrogens is 547 g/mol. The molecule has 2 aliphatic rings. The van der Waals surface area contributed by atoms with Gasteiger partial charge in [-0.25, -0.2) is 9.37 Å². The highest BCUT2D eigenvalue weighted by atomic mass is 32.2. The molecule has 0 atom stereocenters. The van der Waals surface area contributed by atoms with Crippen LogP contribution >= 0.6 is 24.4 Å². The third-order valence-corrected chi connectivity index (χ3v) is 8.88. The fraction of sp³-hybridized carbons (Fsp3) is 0.433. The Labute approximate surface area is 243 Å².